The number of hydrogen-bond donors (Lipinski definition) is 28. The molecule has 42 atom stereocenters. The molecule has 21 heterocycles. The molecule has 21 saturated heterocycles. The average molecular weight is 1400 g/mol. The lowest BCUT2D eigenvalue weighted by Crippen LogP contribution is -2.69. The molecule has 0 saturated carbocycles. The van der Waals surface area contributed by atoms with Crippen molar-refractivity contribution in [2.75, 3.05) is 46.2 Å². The predicted molar refractivity (Wildman–Crippen MR) is 283 cm³/mol. The van der Waals surface area contributed by atoms with Crippen molar-refractivity contribution in [3.63, 3.8) is 0 Å². The van der Waals surface area contributed by atoms with Crippen molar-refractivity contribution >= 4 is 0 Å². The maximum atomic E-state index is 11.4. The summed E-state index contributed by atoms with van der Waals surface area (Å²) in [4.78, 5) is 2.94. The third kappa shape index (κ3) is 16.9. The SMILES string of the molecule is OC[C@@H](O)[C@@H](O)C(O)[C@H](O)[C@@H](O)CO.[C-]#[N+][C@@H](O)[C@H]1O[C@@H]2O[C@H]3C(O)C(O)[C@H](O[C@@H]3CO)O[C@H]3C(O)C(O)[C@H](O[C@@H]3CO)O[C@H]3C(O)C(O)[C@H](O[C@@H]3[C@H](O)C#N)O[C@H]3C(O)C(O)[C@H](O[C@@H]3CO)O[C@H]3C(O)C(O)[C@H](O[C@@H]3CO)O[C@H]3C(O)C(O)[C@H](O[C@@H]3CO)O[C@H]1C(O)C2O. The Morgan fingerprint density at radius 1 is 0.295 bits per heavy atom. The van der Waals surface area contributed by atoms with E-state index in [9.17, 15) is 112 Å². The average Bonchev–Trinajstić information content (AvgIpc) is 0.783. The Morgan fingerprint density at radius 2 is 0.505 bits per heavy atom. The van der Waals surface area contributed by atoms with Crippen molar-refractivity contribution in [1.29, 1.82) is 5.26 Å². The van der Waals surface area contributed by atoms with Crippen LogP contribution in [0.3, 0.4) is 0 Å². The molecule has 14 bridgehead atoms. The van der Waals surface area contributed by atoms with E-state index in [1.54, 1.807) is 0 Å². The first kappa shape index (κ1) is 79.6. The molecule has 21 aliphatic rings. The van der Waals surface area contributed by atoms with Crippen molar-refractivity contribution < 1.29 is 209 Å². The molecule has 0 aliphatic carbocycles. The Bertz CT molecular complexity index is 2360. The fourth-order valence-electron chi connectivity index (χ4n) is 11.5. The van der Waals surface area contributed by atoms with Gasteiger partial charge in [-0.05, 0) is 0 Å². The van der Waals surface area contributed by atoms with Crippen LogP contribution >= 0.6 is 0 Å². The third-order valence-corrected chi connectivity index (χ3v) is 17.0. The molecule has 15 unspecified atom stereocenters. The molecule has 0 aromatic rings. The van der Waals surface area contributed by atoms with Gasteiger partial charge in [-0.2, -0.15) is 5.26 Å². The zero-order valence-electron chi connectivity index (χ0n) is 49.3. The number of hydrogen-bond acceptors (Lipinski definition) is 43. The molecule has 0 aromatic heterocycles. The van der Waals surface area contributed by atoms with Gasteiger partial charge in [-0.15, -0.1) is 0 Å². The largest absolute Gasteiger partial charge is 0.394 e. The van der Waals surface area contributed by atoms with Crippen LogP contribution in [0.5, 0.6) is 0 Å². The molecule has 21 aliphatic heterocycles. The minimum atomic E-state index is -2.35. The van der Waals surface area contributed by atoms with Gasteiger partial charge in [0.1, 0.15) is 195 Å². The van der Waals surface area contributed by atoms with Crippen LogP contribution in [0.15, 0.2) is 0 Å². The molecule has 0 amide bonds. The van der Waals surface area contributed by atoms with Crippen LogP contribution in [-0.4, -0.2) is 447 Å². The normalized spacial score (nSPS) is 49.2. The summed E-state index contributed by atoms with van der Waals surface area (Å²) in [6.07, 6.45) is -88.0. The van der Waals surface area contributed by atoms with E-state index in [2.05, 4.69) is 4.85 Å². The van der Waals surface area contributed by atoms with Gasteiger partial charge in [0.2, 0.25) is 0 Å². The van der Waals surface area contributed by atoms with E-state index in [0.717, 1.165) is 0 Å². The summed E-state index contributed by atoms with van der Waals surface area (Å²) in [6, 6.07) is 1.41. The number of rotatable bonds is 13. The minimum Gasteiger partial charge on any atom is -0.394 e. The van der Waals surface area contributed by atoms with Crippen LogP contribution in [0.4, 0.5) is 0 Å². The van der Waals surface area contributed by atoms with E-state index in [0.29, 0.717) is 0 Å². The molecule has 44 nitrogen and oxygen atoms in total. The van der Waals surface area contributed by atoms with Crippen molar-refractivity contribution in [2.45, 2.75) is 258 Å². The van der Waals surface area contributed by atoms with Crippen molar-refractivity contribution in [3.05, 3.63) is 11.4 Å². The first-order valence-corrected chi connectivity index (χ1v) is 29.4. The highest BCUT2D eigenvalue weighted by Crippen LogP contribution is 2.40. The topological polar surface area (TPSA) is 724 Å². The summed E-state index contributed by atoms with van der Waals surface area (Å²) < 4.78 is 79.3. The van der Waals surface area contributed by atoms with Gasteiger partial charge in [0.05, 0.1) is 52.3 Å². The van der Waals surface area contributed by atoms with Crippen LogP contribution in [0.1, 0.15) is 0 Å². The molecule has 21 rings (SSSR count). The predicted octanol–water partition coefficient (Wildman–Crippen LogP) is -19.3. The minimum absolute atomic E-state index is 0.792. The second-order valence-electron chi connectivity index (χ2n) is 23.2. The van der Waals surface area contributed by atoms with Gasteiger partial charge in [-0.3, -0.25) is 4.85 Å². The first-order valence-electron chi connectivity index (χ1n) is 29.4. The molecule has 28 N–H and O–H groups in total. The highest BCUT2D eigenvalue weighted by Gasteiger charge is 2.61. The van der Waals surface area contributed by atoms with Crippen LogP contribution in [0.25, 0.3) is 4.85 Å². The molecular weight excluding hydrogens is 1310 g/mol. The summed E-state index contributed by atoms with van der Waals surface area (Å²) in [7, 11) is 0. The standard InChI is InChI=1S/C44H68N2O35.C7H16O7/c1-46-37(67)36-35-20(59)27(66)44(81-36)78-33-13(7-51)70-40(23(62)16(33)55)75-30-10(4-48)71-41(24(63)17(30)56)79-34-19(58)26(65)43(73-28(34)8(52)2-45)77-32-12(6-50)69-39(22(61)15(32)54)74-29-9(3-47)68-38(21(60)14(29)53)76-31-11(5-49)72-42(80-35)25(64)18(31)57;8-1-3(10)5(12)7(14)6(13)4(11)2-9/h8-44,47-67H,3-7H2;3-14H,1-2H2/t8-,9-,10-,11-,12-,13-,14?,15?,16?,17?,18?,19?,20?,21?,22?,23?,24?,25?,26?,27?,28-,29-,30-,31-,32-,33-,34+,35+,36+,37+,38-,39-,40-,41-,42-,43-,44+;3-,4+,5-,6-,7?/m11/s1. The summed E-state index contributed by atoms with van der Waals surface area (Å²) >= 11 is 0. The van der Waals surface area contributed by atoms with Gasteiger partial charge in [-0.25, -0.2) is 6.57 Å². The lowest BCUT2D eigenvalue weighted by Gasteiger charge is -2.50. The molecule has 550 valence electrons. The zero-order chi connectivity index (χ0) is 70.5. The van der Waals surface area contributed by atoms with Gasteiger partial charge in [0, 0.05) is 0 Å². The van der Waals surface area contributed by atoms with Crippen LogP contribution in [0, 0.1) is 17.9 Å². The van der Waals surface area contributed by atoms with Crippen LogP contribution in [0.2, 0.25) is 0 Å². The lowest BCUT2D eigenvalue weighted by atomic mass is 9.93. The Kier molecular flexibility index (Phi) is 29.2. The molecule has 44 heteroatoms. The highest BCUT2D eigenvalue weighted by atomic mass is 16.8. The number of aliphatic hydroxyl groups is 28. The van der Waals surface area contributed by atoms with E-state index in [4.69, 9.17) is 109 Å². The van der Waals surface area contributed by atoms with Crippen LogP contribution < -0.4 is 0 Å². The molecule has 95 heavy (non-hydrogen) atoms. The van der Waals surface area contributed by atoms with E-state index >= 15 is 0 Å². The van der Waals surface area contributed by atoms with E-state index in [1.807, 2.05) is 0 Å². The van der Waals surface area contributed by atoms with Gasteiger partial charge < -0.3 is 209 Å². The maximum Gasteiger partial charge on any atom is 0.354 e. The quantitative estimate of drug-likeness (QED) is 0.0601. The molecule has 0 spiro atoms. The summed E-state index contributed by atoms with van der Waals surface area (Å²) in [5, 5.41) is 304. The maximum absolute atomic E-state index is 11.4. The fraction of sp³-hybridized carbons (Fsp3) is 0.961. The number of ether oxygens (including phenoxy) is 14. The highest BCUT2D eigenvalue weighted by molar-refractivity contribution is 5.05. The molecule has 21 fully saturated rings. The molecule has 0 radical (unpaired) electrons. The van der Waals surface area contributed by atoms with Crippen molar-refractivity contribution in [3.8, 4) is 6.07 Å². The van der Waals surface area contributed by atoms with E-state index in [-0.39, 0.29) is 0 Å². The third-order valence-electron chi connectivity index (χ3n) is 17.0. The number of aliphatic hydroxyl groups excluding tert-OH is 28. The summed E-state index contributed by atoms with van der Waals surface area (Å²) in [6.45, 7) is 0.341. The zero-order valence-corrected chi connectivity index (χ0v) is 49.3. The second-order valence-corrected chi connectivity index (χ2v) is 23.2. The summed E-state index contributed by atoms with van der Waals surface area (Å²) in [5.74, 6) is 0. The Hall–Kier alpha value is -2.70. The number of nitriles is 1. The Morgan fingerprint density at radius 3 is 0.726 bits per heavy atom. The number of nitrogens with zero attached hydrogens (tertiary/aromatic N) is 2. The van der Waals surface area contributed by atoms with Crippen molar-refractivity contribution in [2.24, 2.45) is 0 Å². The smallest absolute Gasteiger partial charge is 0.354 e. The molecular formula is C51H84N2O42. The molecule has 0 aromatic carbocycles. The first-order chi connectivity index (χ1) is 44.9. The van der Waals surface area contributed by atoms with Crippen LogP contribution in [-0.2, 0) is 66.3 Å². The van der Waals surface area contributed by atoms with Crippen molar-refractivity contribution in [1.82, 2.24) is 0 Å². The monoisotopic (exact) mass is 1400 g/mol. The van der Waals surface area contributed by atoms with Gasteiger partial charge in [-0.1, -0.05) is 0 Å². The van der Waals surface area contributed by atoms with Gasteiger partial charge in [0.15, 0.2) is 56.2 Å². The van der Waals surface area contributed by atoms with E-state index < -0.39 is 304 Å². The Balaban J connectivity index is 0.000000814. The fourth-order valence-corrected chi connectivity index (χ4v) is 11.5. The summed E-state index contributed by atoms with van der Waals surface area (Å²) in [5.41, 5.74) is 0. The van der Waals surface area contributed by atoms with Gasteiger partial charge >= 0.3 is 6.23 Å². The lowest BCUT2D eigenvalue weighted by molar-refractivity contribution is -0.398. The Labute approximate surface area is 535 Å². The van der Waals surface area contributed by atoms with Gasteiger partial charge in [0.25, 0.3) is 0 Å². The van der Waals surface area contributed by atoms with E-state index in [1.165, 1.54) is 6.07 Å². The second kappa shape index (κ2) is 34.8.